The molecule has 142 valence electrons. The highest BCUT2D eigenvalue weighted by molar-refractivity contribution is 6.30. The maximum Gasteiger partial charge on any atom is 0.108 e. The monoisotopic (exact) mass is 401 g/mol. The standard InChI is InChI=1S/C23H25Cl2NO/c1-2-13-26-20-11-12-21(26)15-22(14-20)27-23(16-3-7-18(24)8-4-16)17-5-9-19(25)10-6-17/h2-10,20-23H,1,11-15H2/t20-,21+,22?. The van der Waals surface area contributed by atoms with Crippen molar-refractivity contribution in [2.45, 2.75) is 50.0 Å². The van der Waals surface area contributed by atoms with Gasteiger partial charge in [-0.15, -0.1) is 6.58 Å². The lowest BCUT2D eigenvalue weighted by atomic mass is 9.97. The van der Waals surface area contributed by atoms with E-state index in [9.17, 15) is 0 Å². The molecule has 2 aliphatic heterocycles. The van der Waals surface area contributed by atoms with Crippen molar-refractivity contribution in [2.24, 2.45) is 0 Å². The van der Waals surface area contributed by atoms with Crippen LogP contribution >= 0.6 is 23.2 Å². The van der Waals surface area contributed by atoms with Gasteiger partial charge in [-0.05, 0) is 61.1 Å². The van der Waals surface area contributed by atoms with E-state index in [1.165, 1.54) is 12.8 Å². The number of hydrogen-bond donors (Lipinski definition) is 0. The van der Waals surface area contributed by atoms with E-state index in [0.717, 1.165) is 40.6 Å². The fourth-order valence-electron chi connectivity index (χ4n) is 4.60. The van der Waals surface area contributed by atoms with Gasteiger partial charge in [0.1, 0.15) is 6.10 Å². The Bertz CT molecular complexity index is 714. The fourth-order valence-corrected chi connectivity index (χ4v) is 4.85. The van der Waals surface area contributed by atoms with E-state index in [2.05, 4.69) is 35.7 Å². The molecule has 2 aliphatic rings. The Kier molecular flexibility index (Phi) is 5.89. The molecule has 27 heavy (non-hydrogen) atoms. The molecule has 2 aromatic rings. The molecule has 0 saturated carbocycles. The third-order valence-electron chi connectivity index (χ3n) is 5.86. The van der Waals surface area contributed by atoms with Gasteiger partial charge in [0.15, 0.2) is 0 Å². The number of ether oxygens (including phenoxy) is 1. The molecule has 0 aliphatic carbocycles. The lowest BCUT2D eigenvalue weighted by Crippen LogP contribution is -2.45. The molecule has 2 nitrogen and oxygen atoms in total. The molecule has 1 unspecified atom stereocenters. The summed E-state index contributed by atoms with van der Waals surface area (Å²) >= 11 is 12.2. The van der Waals surface area contributed by atoms with E-state index in [0.29, 0.717) is 12.1 Å². The Hall–Kier alpha value is -1.32. The summed E-state index contributed by atoms with van der Waals surface area (Å²) in [4.78, 5) is 2.60. The molecule has 2 bridgehead atoms. The van der Waals surface area contributed by atoms with Crippen LogP contribution in [0.5, 0.6) is 0 Å². The molecule has 0 amide bonds. The van der Waals surface area contributed by atoms with Crippen LogP contribution in [-0.4, -0.2) is 29.6 Å². The zero-order chi connectivity index (χ0) is 18.8. The van der Waals surface area contributed by atoms with Crippen LogP contribution in [0, 0.1) is 0 Å². The Morgan fingerprint density at radius 3 is 1.85 bits per heavy atom. The first-order valence-corrected chi connectivity index (χ1v) is 10.4. The minimum absolute atomic E-state index is 0.102. The Labute approximate surface area is 171 Å². The number of benzene rings is 2. The lowest BCUT2D eigenvalue weighted by Gasteiger charge is -2.39. The van der Waals surface area contributed by atoms with Crippen molar-refractivity contribution < 1.29 is 4.74 Å². The molecule has 0 radical (unpaired) electrons. The molecule has 3 atom stereocenters. The maximum absolute atomic E-state index is 6.71. The molecule has 2 aromatic carbocycles. The molecule has 0 spiro atoms. The van der Waals surface area contributed by atoms with Gasteiger partial charge in [0, 0.05) is 28.7 Å². The highest BCUT2D eigenvalue weighted by Crippen LogP contribution is 2.39. The van der Waals surface area contributed by atoms with E-state index >= 15 is 0 Å². The molecule has 0 N–H and O–H groups in total. The summed E-state index contributed by atoms with van der Waals surface area (Å²) in [5.41, 5.74) is 2.25. The van der Waals surface area contributed by atoms with E-state index in [1.807, 2.05) is 30.3 Å². The van der Waals surface area contributed by atoms with Gasteiger partial charge < -0.3 is 4.74 Å². The summed E-state index contributed by atoms with van der Waals surface area (Å²) in [6.07, 6.45) is 6.89. The quantitative estimate of drug-likeness (QED) is 0.527. The summed E-state index contributed by atoms with van der Waals surface area (Å²) in [5, 5.41) is 1.48. The average Bonchev–Trinajstić information content (AvgIpc) is 2.90. The van der Waals surface area contributed by atoms with E-state index in [-0.39, 0.29) is 12.2 Å². The van der Waals surface area contributed by atoms with Crippen molar-refractivity contribution in [1.82, 2.24) is 4.90 Å². The summed E-state index contributed by atoms with van der Waals surface area (Å²) in [5.74, 6) is 0. The second-order valence-electron chi connectivity index (χ2n) is 7.58. The largest absolute Gasteiger partial charge is 0.365 e. The van der Waals surface area contributed by atoms with Crippen LogP contribution in [0.25, 0.3) is 0 Å². The minimum atomic E-state index is -0.102. The van der Waals surface area contributed by atoms with Gasteiger partial charge in [-0.25, -0.2) is 0 Å². The third kappa shape index (κ3) is 4.25. The Morgan fingerprint density at radius 1 is 0.926 bits per heavy atom. The highest BCUT2D eigenvalue weighted by Gasteiger charge is 2.41. The van der Waals surface area contributed by atoms with Crippen LogP contribution < -0.4 is 0 Å². The van der Waals surface area contributed by atoms with Crippen molar-refractivity contribution in [2.75, 3.05) is 6.54 Å². The first-order valence-electron chi connectivity index (χ1n) is 9.67. The predicted octanol–water partition coefficient (Wildman–Crippen LogP) is 6.28. The van der Waals surface area contributed by atoms with E-state index in [4.69, 9.17) is 27.9 Å². The van der Waals surface area contributed by atoms with Gasteiger partial charge >= 0.3 is 0 Å². The van der Waals surface area contributed by atoms with Gasteiger partial charge in [0.2, 0.25) is 0 Å². The number of rotatable bonds is 6. The van der Waals surface area contributed by atoms with E-state index in [1.54, 1.807) is 0 Å². The topological polar surface area (TPSA) is 12.5 Å². The fraction of sp³-hybridized carbons (Fsp3) is 0.391. The highest BCUT2D eigenvalue weighted by atomic mass is 35.5. The minimum Gasteiger partial charge on any atom is -0.365 e. The lowest BCUT2D eigenvalue weighted by molar-refractivity contribution is -0.0457. The molecule has 2 saturated heterocycles. The second-order valence-corrected chi connectivity index (χ2v) is 8.46. The summed E-state index contributed by atoms with van der Waals surface area (Å²) in [7, 11) is 0. The first-order chi connectivity index (χ1) is 13.1. The molecule has 0 aromatic heterocycles. The van der Waals surface area contributed by atoms with Gasteiger partial charge in [-0.3, -0.25) is 4.90 Å². The smallest absolute Gasteiger partial charge is 0.108 e. The predicted molar refractivity (Wildman–Crippen MR) is 113 cm³/mol. The SMILES string of the molecule is C=CCN1[C@@H]2CC[C@H]1CC(OC(c1ccc(Cl)cc1)c1ccc(Cl)cc1)C2. The number of halogens is 2. The summed E-state index contributed by atoms with van der Waals surface area (Å²) in [6.45, 7) is 4.90. The van der Waals surface area contributed by atoms with E-state index < -0.39 is 0 Å². The zero-order valence-corrected chi connectivity index (χ0v) is 16.9. The van der Waals surface area contributed by atoms with Crippen molar-refractivity contribution in [3.8, 4) is 0 Å². The molecule has 4 heteroatoms. The van der Waals surface area contributed by atoms with Crippen LogP contribution in [-0.2, 0) is 4.74 Å². The zero-order valence-electron chi connectivity index (χ0n) is 15.4. The second kappa shape index (κ2) is 8.36. The maximum atomic E-state index is 6.71. The van der Waals surface area contributed by atoms with Crippen LogP contribution in [0.15, 0.2) is 61.2 Å². The van der Waals surface area contributed by atoms with Crippen molar-refractivity contribution in [1.29, 1.82) is 0 Å². The van der Waals surface area contributed by atoms with Crippen molar-refractivity contribution in [3.63, 3.8) is 0 Å². The van der Waals surface area contributed by atoms with Crippen LogP contribution in [0.2, 0.25) is 10.0 Å². The number of hydrogen-bond acceptors (Lipinski definition) is 2. The van der Waals surface area contributed by atoms with Crippen molar-refractivity contribution >= 4 is 23.2 Å². The molecular formula is C23H25Cl2NO. The van der Waals surface area contributed by atoms with Gasteiger partial charge in [0.05, 0.1) is 6.10 Å². The van der Waals surface area contributed by atoms with Gasteiger partial charge in [-0.1, -0.05) is 53.5 Å². The Morgan fingerprint density at radius 2 is 1.41 bits per heavy atom. The summed E-state index contributed by atoms with van der Waals surface area (Å²) < 4.78 is 6.71. The van der Waals surface area contributed by atoms with Crippen LogP contribution in [0.1, 0.15) is 42.9 Å². The number of piperidine rings is 1. The van der Waals surface area contributed by atoms with Gasteiger partial charge in [-0.2, -0.15) is 0 Å². The normalized spacial score (nSPS) is 25.1. The number of nitrogens with zero attached hydrogens (tertiary/aromatic N) is 1. The first kappa shape index (κ1) is 19.0. The third-order valence-corrected chi connectivity index (χ3v) is 6.36. The van der Waals surface area contributed by atoms with Crippen molar-refractivity contribution in [3.05, 3.63) is 82.4 Å². The van der Waals surface area contributed by atoms with Crippen LogP contribution in [0.4, 0.5) is 0 Å². The molecule has 4 rings (SSSR count). The molecule has 2 heterocycles. The summed E-state index contributed by atoms with van der Waals surface area (Å²) in [6, 6.07) is 17.2. The van der Waals surface area contributed by atoms with Gasteiger partial charge in [0.25, 0.3) is 0 Å². The molecule has 2 fully saturated rings. The average molecular weight is 402 g/mol. The number of fused-ring (bicyclic) bond motifs is 2. The van der Waals surface area contributed by atoms with Crippen LogP contribution in [0.3, 0.4) is 0 Å². The Balaban J connectivity index is 1.56. The molecular weight excluding hydrogens is 377 g/mol.